The molecule has 2 heteroatoms. The van der Waals surface area contributed by atoms with Gasteiger partial charge >= 0.3 is 0 Å². The van der Waals surface area contributed by atoms with Crippen molar-refractivity contribution in [3.05, 3.63) is 58.4 Å². The monoisotopic (exact) mass is 320 g/mol. The zero-order chi connectivity index (χ0) is 16.0. The zero-order valence-electron chi connectivity index (χ0n) is 13.7. The van der Waals surface area contributed by atoms with Gasteiger partial charge in [0.2, 0.25) is 0 Å². The second kappa shape index (κ2) is 7.97. The molecule has 2 aliphatic rings. The lowest BCUT2D eigenvalue weighted by Crippen LogP contribution is -2.33. The first-order valence-electron chi connectivity index (χ1n) is 8.55. The molecule has 120 valence electrons. The van der Waals surface area contributed by atoms with Gasteiger partial charge in [0.1, 0.15) is 5.82 Å². The van der Waals surface area contributed by atoms with Gasteiger partial charge in [-0.15, -0.1) is 0 Å². The molecule has 0 aromatic heterocycles. The van der Waals surface area contributed by atoms with Gasteiger partial charge in [-0.05, 0) is 37.8 Å². The number of rotatable bonds is 2. The minimum absolute atomic E-state index is 0.144. The van der Waals surface area contributed by atoms with Crippen LogP contribution in [-0.4, -0.2) is 0 Å². The van der Waals surface area contributed by atoms with Gasteiger partial charge in [0.05, 0.1) is 0 Å². The van der Waals surface area contributed by atoms with Crippen molar-refractivity contribution in [3.63, 3.8) is 0 Å². The number of hydrogen-bond donors (Lipinski definition) is 0. The molecule has 0 amide bonds. The van der Waals surface area contributed by atoms with E-state index < -0.39 is 0 Å². The maximum Gasteiger partial charge on any atom is 0.128 e. The Bertz CT molecular complexity index is 531. The molecule has 0 saturated heterocycles. The van der Waals surface area contributed by atoms with Crippen LogP contribution >= 0.6 is 11.6 Å². The van der Waals surface area contributed by atoms with Crippen molar-refractivity contribution in [2.75, 3.05) is 0 Å². The molecule has 0 heterocycles. The van der Waals surface area contributed by atoms with Crippen LogP contribution in [0.15, 0.2) is 42.0 Å². The third-order valence-electron chi connectivity index (χ3n) is 4.78. The van der Waals surface area contributed by atoms with Crippen molar-refractivity contribution >= 4 is 11.6 Å². The molecule has 1 aromatic carbocycles. The lowest BCUT2D eigenvalue weighted by atomic mass is 9.63. The van der Waals surface area contributed by atoms with E-state index in [2.05, 4.69) is 18.2 Å². The molecular weight excluding hydrogens is 295 g/mol. The molecule has 0 nitrogen and oxygen atoms in total. The largest absolute Gasteiger partial charge is 0.207 e. The van der Waals surface area contributed by atoms with Crippen LogP contribution in [0.1, 0.15) is 64.4 Å². The third kappa shape index (κ3) is 3.30. The second-order valence-corrected chi connectivity index (χ2v) is 6.31. The fraction of sp³-hybridized carbons (Fsp3) is 0.500. The summed E-state index contributed by atoms with van der Waals surface area (Å²) in [4.78, 5) is 0. The molecule has 0 bridgehead atoms. The normalized spacial score (nSPS) is 19.9. The van der Waals surface area contributed by atoms with Gasteiger partial charge < -0.3 is 0 Å². The van der Waals surface area contributed by atoms with Gasteiger partial charge in [0.15, 0.2) is 0 Å². The zero-order valence-corrected chi connectivity index (χ0v) is 14.4. The summed E-state index contributed by atoms with van der Waals surface area (Å²) in [6, 6.07) is 5.08. The van der Waals surface area contributed by atoms with Gasteiger partial charge in [-0.2, -0.15) is 0 Å². The fourth-order valence-corrected chi connectivity index (χ4v) is 4.19. The number of hydrogen-bond acceptors (Lipinski definition) is 0. The molecule has 1 fully saturated rings. The summed E-state index contributed by atoms with van der Waals surface area (Å²) < 4.78 is 14.5. The maximum atomic E-state index is 14.5. The highest BCUT2D eigenvalue weighted by atomic mass is 35.5. The molecule has 0 unspecified atom stereocenters. The Morgan fingerprint density at radius 1 is 1.09 bits per heavy atom. The number of allylic oxidation sites excluding steroid dienone is 4. The van der Waals surface area contributed by atoms with E-state index >= 15 is 0 Å². The topological polar surface area (TPSA) is 0 Å². The number of halogens is 2. The van der Waals surface area contributed by atoms with Gasteiger partial charge in [-0.25, -0.2) is 4.39 Å². The van der Waals surface area contributed by atoms with Crippen molar-refractivity contribution in [1.82, 2.24) is 0 Å². The summed E-state index contributed by atoms with van der Waals surface area (Å²) >= 11 is 6.39. The minimum atomic E-state index is -0.175. The van der Waals surface area contributed by atoms with E-state index in [0.29, 0.717) is 5.02 Å². The summed E-state index contributed by atoms with van der Waals surface area (Å²) in [7, 11) is 0. The Labute approximate surface area is 139 Å². The molecule has 0 atom stereocenters. The molecule has 0 spiro atoms. The van der Waals surface area contributed by atoms with Crippen LogP contribution in [0.2, 0.25) is 5.02 Å². The molecule has 0 N–H and O–H groups in total. The Kier molecular flexibility index (Phi) is 6.26. The van der Waals surface area contributed by atoms with E-state index in [0.717, 1.165) is 44.1 Å². The van der Waals surface area contributed by atoms with Gasteiger partial charge in [0.25, 0.3) is 0 Å². The average molecular weight is 321 g/mol. The summed E-state index contributed by atoms with van der Waals surface area (Å²) in [5, 5.41) is 0.586. The SMILES string of the molecule is CC.Fc1cccc(Cl)c1C1(C2=CC=CCC2)CCCCC1. The molecule has 0 aliphatic heterocycles. The minimum Gasteiger partial charge on any atom is -0.207 e. The van der Waals surface area contributed by atoms with Crippen molar-refractivity contribution < 1.29 is 4.39 Å². The van der Waals surface area contributed by atoms with Gasteiger partial charge in [-0.3, -0.25) is 0 Å². The molecule has 0 radical (unpaired) electrons. The molecule has 2 aliphatic carbocycles. The van der Waals surface area contributed by atoms with E-state index in [-0.39, 0.29) is 11.2 Å². The van der Waals surface area contributed by atoms with Crippen molar-refractivity contribution in [2.45, 2.75) is 64.2 Å². The number of benzene rings is 1. The van der Waals surface area contributed by atoms with Crippen LogP contribution in [0, 0.1) is 5.82 Å². The lowest BCUT2D eigenvalue weighted by molar-refractivity contribution is 0.322. The summed E-state index contributed by atoms with van der Waals surface area (Å²) in [5.74, 6) is -0.144. The van der Waals surface area contributed by atoms with Crippen LogP contribution in [0.25, 0.3) is 0 Å². The van der Waals surface area contributed by atoms with E-state index in [1.54, 1.807) is 12.1 Å². The quantitative estimate of drug-likeness (QED) is 0.551. The molecular formula is C20H26ClF. The van der Waals surface area contributed by atoms with Gasteiger partial charge in [-0.1, -0.05) is 74.6 Å². The van der Waals surface area contributed by atoms with E-state index in [1.807, 2.05) is 19.9 Å². The highest BCUT2D eigenvalue weighted by molar-refractivity contribution is 6.31. The summed E-state index contributed by atoms with van der Waals surface area (Å²) in [6.07, 6.45) is 14.2. The van der Waals surface area contributed by atoms with E-state index in [1.165, 1.54) is 12.0 Å². The first-order chi connectivity index (χ1) is 10.7. The van der Waals surface area contributed by atoms with Crippen LogP contribution < -0.4 is 0 Å². The Morgan fingerprint density at radius 3 is 2.41 bits per heavy atom. The van der Waals surface area contributed by atoms with Gasteiger partial charge in [0, 0.05) is 16.0 Å². The fourth-order valence-electron chi connectivity index (χ4n) is 3.84. The third-order valence-corrected chi connectivity index (χ3v) is 5.09. The Morgan fingerprint density at radius 2 is 1.82 bits per heavy atom. The average Bonchev–Trinajstić information content (AvgIpc) is 2.58. The van der Waals surface area contributed by atoms with E-state index in [9.17, 15) is 4.39 Å². The second-order valence-electron chi connectivity index (χ2n) is 5.90. The lowest BCUT2D eigenvalue weighted by Gasteiger charge is -2.41. The first-order valence-corrected chi connectivity index (χ1v) is 8.92. The van der Waals surface area contributed by atoms with Crippen LogP contribution in [0.3, 0.4) is 0 Å². The van der Waals surface area contributed by atoms with Crippen molar-refractivity contribution in [1.29, 1.82) is 0 Å². The van der Waals surface area contributed by atoms with Crippen LogP contribution in [0.5, 0.6) is 0 Å². The Balaban J connectivity index is 0.000000847. The predicted molar refractivity (Wildman–Crippen MR) is 94.0 cm³/mol. The summed E-state index contributed by atoms with van der Waals surface area (Å²) in [6.45, 7) is 4.00. The standard InChI is InChI=1S/C18H20ClF.C2H6/c19-15-10-7-11-16(20)17(15)18(12-5-2-6-13-18)14-8-3-1-4-9-14;1-2/h1,3,7-8,10-11H,2,4-6,9,12-13H2;1-2H3. The molecule has 3 rings (SSSR count). The highest BCUT2D eigenvalue weighted by Crippen LogP contribution is 2.50. The maximum absolute atomic E-state index is 14.5. The molecule has 1 aromatic rings. The Hall–Kier alpha value is -1.08. The predicted octanol–water partition coefficient (Wildman–Crippen LogP) is 6.98. The molecule has 1 saturated carbocycles. The van der Waals surface area contributed by atoms with Crippen LogP contribution in [-0.2, 0) is 5.41 Å². The molecule has 22 heavy (non-hydrogen) atoms. The van der Waals surface area contributed by atoms with Crippen molar-refractivity contribution in [2.24, 2.45) is 0 Å². The van der Waals surface area contributed by atoms with Crippen molar-refractivity contribution in [3.8, 4) is 0 Å². The smallest absolute Gasteiger partial charge is 0.128 e. The summed E-state index contributed by atoms with van der Waals surface area (Å²) in [5.41, 5.74) is 1.93. The first kappa shape index (κ1) is 17.3. The van der Waals surface area contributed by atoms with Crippen LogP contribution in [0.4, 0.5) is 4.39 Å². The highest BCUT2D eigenvalue weighted by Gasteiger charge is 2.40. The van der Waals surface area contributed by atoms with E-state index in [4.69, 9.17) is 11.6 Å².